The van der Waals surface area contributed by atoms with Crippen molar-refractivity contribution in [1.82, 2.24) is 25.2 Å². The van der Waals surface area contributed by atoms with Crippen LogP contribution in [0.4, 0.5) is 9.59 Å². The number of hydrogen-bond acceptors (Lipinski definition) is 11. The topological polar surface area (TPSA) is 199 Å². The Balaban J connectivity index is 1.27. The average molecular weight is 802 g/mol. The van der Waals surface area contributed by atoms with Crippen molar-refractivity contribution in [1.29, 1.82) is 0 Å². The zero-order valence-corrected chi connectivity index (χ0v) is 33.7. The van der Waals surface area contributed by atoms with Gasteiger partial charge in [0.25, 0.3) is 5.91 Å². The van der Waals surface area contributed by atoms with Gasteiger partial charge in [-0.2, -0.15) is 0 Å². The van der Waals surface area contributed by atoms with Crippen molar-refractivity contribution in [3.05, 3.63) is 41.5 Å². The van der Waals surface area contributed by atoms with Crippen molar-refractivity contribution in [2.24, 2.45) is 5.92 Å². The number of fused-ring (bicyclic) bond motifs is 3. The molecule has 0 bridgehead atoms. The smallest absolute Gasteiger partial charge is 0.410 e. The lowest BCUT2D eigenvalue weighted by Gasteiger charge is -2.37. The second kappa shape index (κ2) is 16.6. The maximum atomic E-state index is 14.5. The Hall–Kier alpha value is -4.38. The van der Waals surface area contributed by atoms with Crippen LogP contribution in [0.1, 0.15) is 95.7 Å². The number of hydrogen-bond donors (Lipinski definition) is 3. The summed E-state index contributed by atoms with van der Waals surface area (Å²) in [7, 11) is -0.787. The molecule has 0 radical (unpaired) electrons. The number of amides is 5. The Morgan fingerprint density at radius 2 is 1.82 bits per heavy atom. The first-order valence-electron chi connectivity index (χ1n) is 19.5. The van der Waals surface area contributed by atoms with Crippen LogP contribution in [0.5, 0.6) is 5.75 Å². The molecule has 56 heavy (non-hydrogen) atoms. The molecule has 308 valence electrons. The summed E-state index contributed by atoms with van der Waals surface area (Å²) < 4.78 is 50.3. The molecule has 3 aliphatic heterocycles. The molecule has 5 aliphatic rings. The molecule has 1 saturated heterocycles. The van der Waals surface area contributed by atoms with Crippen LogP contribution in [0.3, 0.4) is 0 Å². The molecule has 3 fully saturated rings. The number of benzene rings is 1. The van der Waals surface area contributed by atoms with Crippen LogP contribution in [0, 0.1) is 5.92 Å². The van der Waals surface area contributed by atoms with E-state index in [1.54, 1.807) is 39.9 Å². The molecule has 17 heteroatoms. The number of methoxy groups -OCH3 is 2. The molecule has 1 aromatic rings. The van der Waals surface area contributed by atoms with E-state index in [2.05, 4.69) is 15.4 Å². The highest BCUT2D eigenvalue weighted by Crippen LogP contribution is 2.46. The normalized spacial score (nSPS) is 28.9. The number of ether oxygens (including phenoxy) is 4. The van der Waals surface area contributed by atoms with Gasteiger partial charge in [-0.3, -0.25) is 24.0 Å². The quantitative estimate of drug-likeness (QED) is 0.326. The number of nitrogens with zero attached hydrogens (tertiary/aromatic N) is 2. The Morgan fingerprint density at radius 3 is 2.52 bits per heavy atom. The van der Waals surface area contributed by atoms with Gasteiger partial charge in [-0.25, -0.2) is 18.0 Å². The van der Waals surface area contributed by atoms with Crippen molar-refractivity contribution in [2.75, 3.05) is 33.9 Å². The summed E-state index contributed by atoms with van der Waals surface area (Å²) in [6.07, 6.45) is 5.92. The number of allylic oxidation sites excluding steroid dienone is 1. The maximum Gasteiger partial charge on any atom is 0.410 e. The zero-order chi connectivity index (χ0) is 40.4. The molecule has 2 aliphatic carbocycles. The molecular weight excluding hydrogens is 747 g/mol. The molecule has 1 aromatic carbocycles. The summed E-state index contributed by atoms with van der Waals surface area (Å²) in [6, 6.07) is 2.90. The van der Waals surface area contributed by atoms with Crippen molar-refractivity contribution < 1.29 is 51.3 Å². The molecule has 6 rings (SSSR count). The maximum absolute atomic E-state index is 14.5. The summed E-state index contributed by atoms with van der Waals surface area (Å²) >= 11 is 0. The Bertz CT molecular complexity index is 1830. The minimum Gasteiger partial charge on any atom is -0.497 e. The van der Waals surface area contributed by atoms with Crippen molar-refractivity contribution in [3.63, 3.8) is 0 Å². The minimum absolute atomic E-state index is 0.0996. The highest BCUT2D eigenvalue weighted by molar-refractivity contribution is 7.91. The Kier molecular flexibility index (Phi) is 12.2. The van der Waals surface area contributed by atoms with Crippen LogP contribution in [0.25, 0.3) is 0 Å². The van der Waals surface area contributed by atoms with Gasteiger partial charge in [0.1, 0.15) is 35.1 Å². The lowest BCUT2D eigenvalue weighted by Crippen LogP contribution is -2.58. The standard InChI is InChI=1S/C39H55N5O11S/c1-38(2,3)55-36(48)40-30-12-10-8-6-7-9-11-25-21-39(25,35(47)42-56(50,51)28-14-15-28)41-33(45)31-20-27(22-44(31)34(30)46)54-37(49)43-18-17-24-19-26(53-5)13-16-29(24)32(43)23-52-4/h9,11,13,16,19,25,27-28,30-32H,6-8,10,12,14-15,17-18,20-23H2,1-5H3,(H,40,48)(H,41,45)(H,42,47)/b11-9-/t25-,27-,30+,31?,32?,39-/m1/s1. The molecule has 2 saturated carbocycles. The third-order valence-corrected chi connectivity index (χ3v) is 12.9. The van der Waals surface area contributed by atoms with Gasteiger partial charge in [0.05, 0.1) is 31.6 Å². The van der Waals surface area contributed by atoms with Gasteiger partial charge in [0.2, 0.25) is 21.8 Å². The molecule has 0 aromatic heterocycles. The Morgan fingerprint density at radius 1 is 1.05 bits per heavy atom. The second-order valence-electron chi connectivity index (χ2n) is 16.4. The van der Waals surface area contributed by atoms with Crippen molar-refractivity contribution >= 4 is 39.9 Å². The van der Waals surface area contributed by atoms with E-state index in [9.17, 15) is 32.4 Å². The van der Waals surface area contributed by atoms with Gasteiger partial charge in [0, 0.05) is 26.0 Å². The third kappa shape index (κ3) is 9.41. The molecule has 16 nitrogen and oxygen atoms in total. The van der Waals surface area contributed by atoms with E-state index in [0.29, 0.717) is 44.4 Å². The first kappa shape index (κ1) is 41.3. The lowest BCUT2D eigenvalue weighted by molar-refractivity contribution is -0.141. The van der Waals surface area contributed by atoms with Crippen molar-refractivity contribution in [3.8, 4) is 5.75 Å². The summed E-state index contributed by atoms with van der Waals surface area (Å²) in [5.74, 6) is -1.86. The van der Waals surface area contributed by atoms with Crippen LogP contribution in [-0.2, 0) is 45.0 Å². The molecule has 5 amide bonds. The van der Waals surface area contributed by atoms with Crippen LogP contribution in [0.2, 0.25) is 0 Å². The average Bonchev–Trinajstić information content (AvgIpc) is 4.06. The number of alkyl carbamates (subject to hydrolysis) is 1. The molecule has 0 spiro atoms. The molecule has 6 atom stereocenters. The number of nitrogens with one attached hydrogen (secondary N) is 3. The fraction of sp³-hybridized carbons (Fsp3) is 0.667. The first-order chi connectivity index (χ1) is 26.5. The molecular formula is C39H55N5O11S. The van der Waals surface area contributed by atoms with Crippen LogP contribution >= 0.6 is 0 Å². The fourth-order valence-corrected chi connectivity index (χ4v) is 9.24. The van der Waals surface area contributed by atoms with Gasteiger partial charge in [-0.05, 0) is 89.0 Å². The molecule has 3 heterocycles. The third-order valence-electron chi connectivity index (χ3n) is 11.1. The summed E-state index contributed by atoms with van der Waals surface area (Å²) in [5, 5.41) is 4.88. The fourth-order valence-electron chi connectivity index (χ4n) is 7.88. The number of carbonyl (C=O) groups excluding carboxylic acids is 5. The van der Waals surface area contributed by atoms with E-state index < -0.39 is 86.5 Å². The predicted molar refractivity (Wildman–Crippen MR) is 203 cm³/mol. The van der Waals surface area contributed by atoms with Crippen LogP contribution < -0.4 is 20.1 Å². The van der Waals surface area contributed by atoms with Crippen molar-refractivity contribution in [2.45, 2.75) is 126 Å². The van der Waals surface area contributed by atoms with Gasteiger partial charge < -0.3 is 34.5 Å². The Labute approximate surface area is 328 Å². The zero-order valence-electron chi connectivity index (χ0n) is 32.8. The number of sulfonamides is 1. The summed E-state index contributed by atoms with van der Waals surface area (Å²) in [6.45, 7) is 5.48. The van der Waals surface area contributed by atoms with E-state index in [4.69, 9.17) is 18.9 Å². The number of rotatable bonds is 8. The summed E-state index contributed by atoms with van der Waals surface area (Å²) in [4.78, 5) is 72.4. The van der Waals surface area contributed by atoms with Gasteiger partial charge >= 0.3 is 12.2 Å². The van der Waals surface area contributed by atoms with E-state index in [-0.39, 0.29) is 32.4 Å². The largest absolute Gasteiger partial charge is 0.497 e. The van der Waals surface area contributed by atoms with Crippen LogP contribution in [0.15, 0.2) is 30.4 Å². The lowest BCUT2D eigenvalue weighted by atomic mass is 9.93. The number of carbonyl (C=O) groups is 5. The monoisotopic (exact) mass is 801 g/mol. The predicted octanol–water partition coefficient (Wildman–Crippen LogP) is 3.24. The minimum atomic E-state index is -3.92. The van der Waals surface area contributed by atoms with E-state index in [1.165, 1.54) is 4.90 Å². The second-order valence-corrected chi connectivity index (χ2v) is 18.4. The van der Waals surface area contributed by atoms with Crippen LogP contribution in [-0.4, -0.2) is 117 Å². The summed E-state index contributed by atoms with van der Waals surface area (Å²) in [5.41, 5.74) is -0.478. The highest BCUT2D eigenvalue weighted by Gasteiger charge is 2.62. The van der Waals surface area contributed by atoms with Gasteiger partial charge in [0.15, 0.2) is 0 Å². The van der Waals surface area contributed by atoms with E-state index in [0.717, 1.165) is 24.0 Å². The highest BCUT2D eigenvalue weighted by atomic mass is 32.2. The molecule has 3 N–H and O–H groups in total. The SMILES string of the molecule is COCC1c2ccc(OC)cc2CCN1C(=O)O[C@@H]1CC2C(=O)N[C@]3(C(=O)NS(=O)(=O)C4CC4)C[C@H]3/C=C\CCCCC[C@H](NC(=O)OC(C)(C)C)C(=O)N2C1. The first-order valence-corrected chi connectivity index (χ1v) is 21.1. The van der Waals surface area contributed by atoms with Gasteiger partial charge in [-0.15, -0.1) is 0 Å². The van der Waals surface area contributed by atoms with Gasteiger partial charge in [-0.1, -0.05) is 31.1 Å². The molecule has 2 unspecified atom stereocenters. The van der Waals surface area contributed by atoms with E-state index in [1.807, 2.05) is 30.4 Å². The van der Waals surface area contributed by atoms with E-state index >= 15 is 0 Å².